The Morgan fingerprint density at radius 3 is 2.68 bits per heavy atom. The Morgan fingerprint density at radius 2 is 2.00 bits per heavy atom. The van der Waals surface area contributed by atoms with Crippen molar-refractivity contribution in [3.8, 4) is 0 Å². The van der Waals surface area contributed by atoms with Crippen LogP contribution >= 0.6 is 23.8 Å². The van der Waals surface area contributed by atoms with E-state index < -0.39 is 0 Å². The first-order valence-electron chi connectivity index (χ1n) is 6.55. The molecule has 0 fully saturated rings. The van der Waals surface area contributed by atoms with Crippen molar-refractivity contribution < 1.29 is 5.11 Å². The lowest BCUT2D eigenvalue weighted by molar-refractivity contribution is 0.282. The lowest BCUT2D eigenvalue weighted by Gasteiger charge is -2.12. The van der Waals surface area contributed by atoms with Gasteiger partial charge in [-0.15, -0.1) is 0 Å². The summed E-state index contributed by atoms with van der Waals surface area (Å²) in [7, 11) is 0. The largest absolute Gasteiger partial charge is 0.396 e. The lowest BCUT2D eigenvalue weighted by atomic mass is 10.2. The molecule has 1 rings (SSSR count). The van der Waals surface area contributed by atoms with Crippen LogP contribution in [0.3, 0.4) is 0 Å². The van der Waals surface area contributed by atoms with E-state index in [1.165, 1.54) is 0 Å². The third-order valence-electron chi connectivity index (χ3n) is 2.81. The predicted octanol–water partition coefficient (Wildman–Crippen LogP) is 3.49. The molecule has 0 atom stereocenters. The SMILES string of the molecule is Cc1cc(Cl)ccc1NC(=S)NCCCCCCO. The minimum atomic E-state index is 0.281. The van der Waals surface area contributed by atoms with E-state index in [2.05, 4.69) is 10.6 Å². The normalized spacial score (nSPS) is 10.3. The topological polar surface area (TPSA) is 44.3 Å². The van der Waals surface area contributed by atoms with Crippen LogP contribution in [0, 0.1) is 6.92 Å². The maximum atomic E-state index is 8.66. The van der Waals surface area contributed by atoms with Crippen LogP contribution in [0.25, 0.3) is 0 Å². The van der Waals surface area contributed by atoms with E-state index in [9.17, 15) is 0 Å². The molecule has 5 heteroatoms. The number of rotatable bonds is 7. The van der Waals surface area contributed by atoms with Crippen molar-refractivity contribution in [2.45, 2.75) is 32.6 Å². The molecule has 0 aliphatic rings. The molecule has 0 radical (unpaired) electrons. The number of aliphatic hydroxyl groups is 1. The highest BCUT2D eigenvalue weighted by molar-refractivity contribution is 7.80. The fourth-order valence-corrected chi connectivity index (χ4v) is 2.16. The second kappa shape index (κ2) is 9.13. The van der Waals surface area contributed by atoms with Gasteiger partial charge in [-0.1, -0.05) is 24.4 Å². The van der Waals surface area contributed by atoms with Gasteiger partial charge in [-0.2, -0.15) is 0 Å². The lowest BCUT2D eigenvalue weighted by Crippen LogP contribution is -2.29. The first-order chi connectivity index (χ1) is 9.13. The van der Waals surface area contributed by atoms with Gasteiger partial charge in [0, 0.05) is 23.9 Å². The van der Waals surface area contributed by atoms with Crippen LogP contribution < -0.4 is 10.6 Å². The smallest absolute Gasteiger partial charge is 0.170 e. The quantitative estimate of drug-likeness (QED) is 0.533. The molecule has 0 amide bonds. The zero-order valence-corrected chi connectivity index (χ0v) is 12.8. The number of anilines is 1. The first kappa shape index (κ1) is 16.2. The monoisotopic (exact) mass is 300 g/mol. The van der Waals surface area contributed by atoms with E-state index in [-0.39, 0.29) is 6.61 Å². The highest BCUT2D eigenvalue weighted by Crippen LogP contribution is 2.19. The number of hydrogen-bond acceptors (Lipinski definition) is 2. The molecule has 0 saturated carbocycles. The van der Waals surface area contributed by atoms with Gasteiger partial charge in [0.15, 0.2) is 5.11 Å². The average molecular weight is 301 g/mol. The first-order valence-corrected chi connectivity index (χ1v) is 7.34. The van der Waals surface area contributed by atoms with Gasteiger partial charge < -0.3 is 15.7 Å². The molecule has 3 nitrogen and oxygen atoms in total. The summed E-state index contributed by atoms with van der Waals surface area (Å²) in [5.74, 6) is 0. The van der Waals surface area contributed by atoms with Crippen molar-refractivity contribution in [1.82, 2.24) is 5.32 Å². The molecule has 0 unspecified atom stereocenters. The maximum absolute atomic E-state index is 8.66. The van der Waals surface area contributed by atoms with Gasteiger partial charge in [0.1, 0.15) is 0 Å². The molecule has 1 aromatic rings. The molecule has 106 valence electrons. The molecule has 1 aromatic carbocycles. The van der Waals surface area contributed by atoms with Crippen LogP contribution in [-0.2, 0) is 0 Å². The minimum absolute atomic E-state index is 0.281. The number of unbranched alkanes of at least 4 members (excludes halogenated alkanes) is 3. The van der Waals surface area contributed by atoms with Crippen molar-refractivity contribution in [3.05, 3.63) is 28.8 Å². The van der Waals surface area contributed by atoms with E-state index in [4.69, 9.17) is 28.9 Å². The molecule has 19 heavy (non-hydrogen) atoms. The number of hydrogen-bond donors (Lipinski definition) is 3. The average Bonchev–Trinajstić information content (AvgIpc) is 2.37. The molecule has 0 spiro atoms. The Hall–Kier alpha value is -0.840. The third-order valence-corrected chi connectivity index (χ3v) is 3.29. The van der Waals surface area contributed by atoms with E-state index in [1.54, 1.807) is 0 Å². The number of halogens is 1. The van der Waals surface area contributed by atoms with Crippen molar-refractivity contribution in [2.24, 2.45) is 0 Å². The van der Waals surface area contributed by atoms with E-state index in [0.717, 1.165) is 48.5 Å². The summed E-state index contributed by atoms with van der Waals surface area (Å²) >= 11 is 11.1. The standard InChI is InChI=1S/C14H21ClN2OS/c1-11-10-12(15)6-7-13(11)17-14(19)16-8-4-2-3-5-9-18/h6-7,10,18H,2-5,8-9H2,1H3,(H2,16,17,19). The zero-order valence-electron chi connectivity index (χ0n) is 11.2. The Balaban J connectivity index is 2.23. The van der Waals surface area contributed by atoms with Crippen LogP contribution in [0.5, 0.6) is 0 Å². The number of aliphatic hydroxyl groups excluding tert-OH is 1. The summed E-state index contributed by atoms with van der Waals surface area (Å²) in [6.07, 6.45) is 4.11. The van der Waals surface area contributed by atoms with Crippen LogP contribution in [0.1, 0.15) is 31.2 Å². The Bertz CT molecular complexity index is 412. The molecule has 3 N–H and O–H groups in total. The Morgan fingerprint density at radius 1 is 1.26 bits per heavy atom. The Labute approximate surface area is 125 Å². The third kappa shape index (κ3) is 6.76. The van der Waals surface area contributed by atoms with Gasteiger partial charge >= 0.3 is 0 Å². The Kier molecular flexibility index (Phi) is 7.79. The number of benzene rings is 1. The van der Waals surface area contributed by atoms with E-state index in [0.29, 0.717) is 5.11 Å². The van der Waals surface area contributed by atoms with Crippen molar-refractivity contribution in [3.63, 3.8) is 0 Å². The highest BCUT2D eigenvalue weighted by Gasteiger charge is 2.01. The van der Waals surface area contributed by atoms with Crippen LogP contribution in [0.2, 0.25) is 5.02 Å². The summed E-state index contributed by atoms with van der Waals surface area (Å²) in [4.78, 5) is 0. The molecule has 0 heterocycles. The van der Waals surface area contributed by atoms with Gasteiger partial charge in [-0.05, 0) is 55.7 Å². The predicted molar refractivity (Wildman–Crippen MR) is 86.0 cm³/mol. The fourth-order valence-electron chi connectivity index (χ4n) is 1.73. The molecule has 0 bridgehead atoms. The summed E-state index contributed by atoms with van der Waals surface area (Å²) in [6.45, 7) is 3.12. The van der Waals surface area contributed by atoms with E-state index in [1.807, 2.05) is 25.1 Å². The van der Waals surface area contributed by atoms with Crippen LogP contribution in [0.4, 0.5) is 5.69 Å². The highest BCUT2D eigenvalue weighted by atomic mass is 35.5. The van der Waals surface area contributed by atoms with Gasteiger partial charge in [-0.25, -0.2) is 0 Å². The molecule has 0 aliphatic heterocycles. The minimum Gasteiger partial charge on any atom is -0.396 e. The number of nitrogens with one attached hydrogen (secondary N) is 2. The van der Waals surface area contributed by atoms with Gasteiger partial charge in [-0.3, -0.25) is 0 Å². The molecule has 0 aliphatic carbocycles. The summed E-state index contributed by atoms with van der Waals surface area (Å²) in [5.41, 5.74) is 2.04. The van der Waals surface area contributed by atoms with E-state index >= 15 is 0 Å². The maximum Gasteiger partial charge on any atom is 0.170 e. The van der Waals surface area contributed by atoms with Gasteiger partial charge in [0.05, 0.1) is 0 Å². The van der Waals surface area contributed by atoms with Crippen molar-refractivity contribution in [1.29, 1.82) is 0 Å². The fraction of sp³-hybridized carbons (Fsp3) is 0.500. The number of thiocarbonyl (C=S) groups is 1. The van der Waals surface area contributed by atoms with Crippen LogP contribution in [-0.4, -0.2) is 23.4 Å². The summed E-state index contributed by atoms with van der Waals surface area (Å²) in [6, 6.07) is 5.67. The molecular weight excluding hydrogens is 280 g/mol. The molecule has 0 aromatic heterocycles. The number of aryl methyl sites for hydroxylation is 1. The van der Waals surface area contributed by atoms with Gasteiger partial charge in [0.2, 0.25) is 0 Å². The molecule has 0 saturated heterocycles. The molecular formula is C14H21ClN2OS. The van der Waals surface area contributed by atoms with Crippen LogP contribution in [0.15, 0.2) is 18.2 Å². The second-order valence-electron chi connectivity index (χ2n) is 4.48. The zero-order chi connectivity index (χ0) is 14.1. The van der Waals surface area contributed by atoms with Gasteiger partial charge in [0.25, 0.3) is 0 Å². The second-order valence-corrected chi connectivity index (χ2v) is 5.32. The summed E-state index contributed by atoms with van der Waals surface area (Å²) in [5, 5.41) is 16.4. The van der Waals surface area contributed by atoms with Crippen molar-refractivity contribution in [2.75, 3.05) is 18.5 Å². The van der Waals surface area contributed by atoms with Crippen molar-refractivity contribution >= 4 is 34.6 Å². The summed E-state index contributed by atoms with van der Waals surface area (Å²) < 4.78 is 0.